The van der Waals surface area contributed by atoms with Gasteiger partial charge in [-0.1, -0.05) is 54.1 Å². The molecule has 10 nitrogen and oxygen atoms in total. The predicted molar refractivity (Wildman–Crippen MR) is 198 cm³/mol. The van der Waals surface area contributed by atoms with E-state index >= 15 is 0 Å². The second-order valence-electron chi connectivity index (χ2n) is 13.9. The summed E-state index contributed by atoms with van der Waals surface area (Å²) in [5.41, 5.74) is 3.19. The lowest BCUT2D eigenvalue weighted by Gasteiger charge is -2.24. The van der Waals surface area contributed by atoms with E-state index in [4.69, 9.17) is 30.8 Å². The number of carbonyl (C=O) groups excluding carboxylic acids is 1. The lowest BCUT2D eigenvalue weighted by Crippen LogP contribution is -2.46. The van der Waals surface area contributed by atoms with Crippen LogP contribution in [0.15, 0.2) is 60.7 Å². The molecule has 2 heterocycles. The molecule has 0 saturated carbocycles. The Bertz CT molecular complexity index is 2060. The first-order valence-corrected chi connectivity index (χ1v) is 18.0. The molecule has 0 radical (unpaired) electrons. The van der Waals surface area contributed by atoms with Crippen molar-refractivity contribution in [3.63, 3.8) is 0 Å². The van der Waals surface area contributed by atoms with Crippen LogP contribution in [0.1, 0.15) is 67.0 Å². The van der Waals surface area contributed by atoms with E-state index in [9.17, 15) is 27.9 Å². The number of amides is 1. The predicted octanol–water partition coefficient (Wildman–Crippen LogP) is 7.49. The van der Waals surface area contributed by atoms with Crippen LogP contribution in [0.5, 0.6) is 17.4 Å². The molecule has 0 bridgehead atoms. The van der Waals surface area contributed by atoms with Crippen molar-refractivity contribution in [1.82, 2.24) is 20.9 Å². The van der Waals surface area contributed by atoms with Crippen LogP contribution in [0, 0.1) is 0 Å². The minimum absolute atomic E-state index is 0.0655. The van der Waals surface area contributed by atoms with Crippen LogP contribution >= 0.6 is 11.6 Å². The van der Waals surface area contributed by atoms with Gasteiger partial charge in [0.15, 0.2) is 0 Å². The van der Waals surface area contributed by atoms with E-state index < -0.39 is 29.4 Å². The van der Waals surface area contributed by atoms with Crippen LogP contribution in [-0.4, -0.2) is 54.3 Å². The number of nitrogens with zero attached hydrogens (tertiary/aromatic N) is 1. The van der Waals surface area contributed by atoms with Crippen molar-refractivity contribution >= 4 is 23.5 Å². The number of benzene rings is 3. The van der Waals surface area contributed by atoms with Gasteiger partial charge in [0.25, 0.3) is 0 Å². The molecule has 3 aromatic carbocycles. The molecule has 14 heteroatoms. The molecular formula is C40H42ClF3N4O6. The van der Waals surface area contributed by atoms with Gasteiger partial charge in [0.05, 0.1) is 30.5 Å². The number of fused-ring (bicyclic) bond motifs is 1. The Hall–Kier alpha value is -4.85. The fraction of sp³-hybridized carbons (Fsp3) is 0.375. The van der Waals surface area contributed by atoms with Crippen molar-refractivity contribution in [1.29, 1.82) is 0 Å². The Kier molecular flexibility index (Phi) is 11.4. The van der Waals surface area contributed by atoms with Crippen LogP contribution in [0.4, 0.5) is 13.2 Å². The molecule has 286 valence electrons. The maximum absolute atomic E-state index is 14.5. The van der Waals surface area contributed by atoms with Crippen LogP contribution in [0.2, 0.25) is 5.02 Å². The number of hydrogen-bond donors (Lipinski definition) is 4. The van der Waals surface area contributed by atoms with E-state index in [1.165, 1.54) is 27.0 Å². The number of alkyl halides is 3. The summed E-state index contributed by atoms with van der Waals surface area (Å²) in [6, 6.07) is 17.3. The molecule has 1 fully saturated rings. The van der Waals surface area contributed by atoms with Crippen molar-refractivity contribution in [2.75, 3.05) is 20.8 Å². The van der Waals surface area contributed by atoms with Crippen molar-refractivity contribution in [2.45, 2.75) is 76.5 Å². The van der Waals surface area contributed by atoms with Crippen LogP contribution in [0.3, 0.4) is 0 Å². The number of rotatable bonds is 14. The molecule has 1 saturated heterocycles. The quantitative estimate of drug-likeness (QED) is 0.103. The number of halogens is 4. The van der Waals surface area contributed by atoms with Crippen molar-refractivity contribution in [3.8, 4) is 39.8 Å². The number of hydrogen-bond acceptors (Lipinski definition) is 8. The molecule has 1 aliphatic carbocycles. The summed E-state index contributed by atoms with van der Waals surface area (Å²) in [6.07, 6.45) is -3.13. The highest BCUT2D eigenvalue weighted by Crippen LogP contribution is 2.47. The summed E-state index contributed by atoms with van der Waals surface area (Å²) in [5, 5.41) is 19.0. The van der Waals surface area contributed by atoms with E-state index in [0.29, 0.717) is 54.5 Å². The third kappa shape index (κ3) is 8.28. The topological polar surface area (TPSA) is 131 Å². The molecule has 6 rings (SSSR count). The largest absolute Gasteiger partial charge is 0.496 e. The lowest BCUT2D eigenvalue weighted by atomic mass is 9.94. The molecule has 4 aromatic rings. The number of aromatic nitrogens is 1. The third-order valence-corrected chi connectivity index (χ3v) is 10.3. The maximum atomic E-state index is 14.5. The summed E-state index contributed by atoms with van der Waals surface area (Å²) in [5.74, 6) is -0.881. The molecule has 0 spiro atoms. The van der Waals surface area contributed by atoms with Gasteiger partial charge in [0.1, 0.15) is 23.1 Å². The van der Waals surface area contributed by atoms with E-state index in [-0.39, 0.29) is 35.6 Å². The highest BCUT2D eigenvalue weighted by molar-refractivity contribution is 6.36. The van der Waals surface area contributed by atoms with Gasteiger partial charge in [-0.05, 0) is 61.9 Å². The third-order valence-electron chi connectivity index (χ3n) is 9.92. The molecule has 54 heavy (non-hydrogen) atoms. The Morgan fingerprint density at radius 1 is 0.944 bits per heavy atom. The van der Waals surface area contributed by atoms with E-state index in [2.05, 4.69) is 16.0 Å². The summed E-state index contributed by atoms with van der Waals surface area (Å²) in [7, 11) is 2.89. The number of pyridine rings is 1. The highest BCUT2D eigenvalue weighted by Gasteiger charge is 2.38. The number of methoxy groups -OCH3 is 2. The Labute approximate surface area is 316 Å². The fourth-order valence-electron chi connectivity index (χ4n) is 6.87. The maximum Gasteiger partial charge on any atom is 0.419 e. The van der Waals surface area contributed by atoms with Crippen molar-refractivity contribution < 1.29 is 42.1 Å². The molecule has 1 aliphatic heterocycles. The van der Waals surface area contributed by atoms with Crippen molar-refractivity contribution in [3.05, 3.63) is 93.5 Å². The average molecular weight is 767 g/mol. The number of carbonyl (C=O) groups is 2. The van der Waals surface area contributed by atoms with Crippen molar-refractivity contribution in [2.24, 2.45) is 0 Å². The monoisotopic (exact) mass is 766 g/mol. The molecule has 2 aliphatic rings. The van der Waals surface area contributed by atoms with Crippen LogP contribution in [-0.2, 0) is 35.3 Å². The second-order valence-corrected chi connectivity index (χ2v) is 14.3. The number of carboxylic acid groups (broad SMARTS) is 1. The van der Waals surface area contributed by atoms with Crippen LogP contribution in [0.25, 0.3) is 22.4 Å². The summed E-state index contributed by atoms with van der Waals surface area (Å²) >= 11 is 7.10. The molecule has 4 N–H and O–H groups in total. The van der Waals surface area contributed by atoms with Gasteiger partial charge in [-0.25, -0.2) is 4.98 Å². The zero-order valence-corrected chi connectivity index (χ0v) is 31.1. The normalized spacial score (nSPS) is 16.9. The summed E-state index contributed by atoms with van der Waals surface area (Å²) in [4.78, 5) is 27.9. The standard InChI is InChI=1S/C40H42ClF3N4O6/c1-39(2,38(50)51)46-20-23-17-30(40(42,43)44)34(18-33(23)52-3)54-32-15-13-26-25(7-5-8-27(26)32)28-9-6-10-29(36(28)41)31-14-11-22(37(48-31)53-4)19-45-21-24-12-16-35(49)47-24/h5-11,14,17-18,24,32,45-46H,12-13,15-16,19-21H2,1-4H3,(H,47,49)(H,50,51)/t24-,32-/m0/s1. The first-order chi connectivity index (χ1) is 25.7. The Balaban J connectivity index is 1.25. The number of aliphatic carboxylic acids is 1. The van der Waals surface area contributed by atoms with E-state index in [0.717, 1.165) is 40.3 Å². The molecule has 1 amide bonds. The van der Waals surface area contributed by atoms with Gasteiger partial charge in [0, 0.05) is 60.4 Å². The van der Waals surface area contributed by atoms with Gasteiger partial charge in [-0.3, -0.25) is 14.9 Å². The minimum atomic E-state index is -4.75. The first-order valence-electron chi connectivity index (χ1n) is 17.6. The first kappa shape index (κ1) is 38.9. The number of nitrogens with one attached hydrogen (secondary N) is 3. The van der Waals surface area contributed by atoms with Gasteiger partial charge in [-0.2, -0.15) is 13.2 Å². The minimum Gasteiger partial charge on any atom is -0.496 e. The van der Waals surface area contributed by atoms with Gasteiger partial charge < -0.3 is 30.0 Å². The van der Waals surface area contributed by atoms with Gasteiger partial charge in [-0.15, -0.1) is 0 Å². The highest BCUT2D eigenvalue weighted by atomic mass is 35.5. The van der Waals surface area contributed by atoms with E-state index in [1.54, 1.807) is 7.11 Å². The lowest BCUT2D eigenvalue weighted by molar-refractivity contribution is -0.143. The van der Waals surface area contributed by atoms with Gasteiger partial charge >= 0.3 is 12.1 Å². The summed E-state index contributed by atoms with van der Waals surface area (Å²) < 4.78 is 60.6. The fourth-order valence-corrected chi connectivity index (χ4v) is 7.19. The SMILES string of the molecule is COc1cc(O[C@H]2CCc3c(-c4cccc(-c5ccc(CNC[C@@H]6CCC(=O)N6)c(OC)n5)c4Cl)cccc32)c(C(F)(F)F)cc1CNC(C)(C)C(=O)O. The molecule has 0 unspecified atom stereocenters. The van der Waals surface area contributed by atoms with Crippen LogP contribution < -0.4 is 30.2 Å². The Morgan fingerprint density at radius 2 is 1.69 bits per heavy atom. The Morgan fingerprint density at radius 3 is 2.37 bits per heavy atom. The second kappa shape index (κ2) is 15.9. The number of ether oxygens (including phenoxy) is 3. The average Bonchev–Trinajstić information content (AvgIpc) is 3.75. The molecule has 1 aromatic heterocycles. The zero-order chi connectivity index (χ0) is 38.8. The van der Waals surface area contributed by atoms with E-state index in [1.807, 2.05) is 48.5 Å². The molecular weight excluding hydrogens is 725 g/mol. The zero-order valence-electron chi connectivity index (χ0n) is 30.3. The molecule has 2 atom stereocenters. The summed E-state index contributed by atoms with van der Waals surface area (Å²) in [6.45, 7) is 3.81. The number of carboxylic acids is 1. The smallest absolute Gasteiger partial charge is 0.419 e. The van der Waals surface area contributed by atoms with Gasteiger partial charge in [0.2, 0.25) is 11.8 Å².